The van der Waals surface area contributed by atoms with Gasteiger partial charge in [0.2, 0.25) is 0 Å². The zero-order valence-corrected chi connectivity index (χ0v) is 11.2. The highest BCUT2D eigenvalue weighted by molar-refractivity contribution is 9.10. The monoisotopic (exact) mass is 291 g/mol. The van der Waals surface area contributed by atoms with Gasteiger partial charge >= 0.3 is 0 Å². The van der Waals surface area contributed by atoms with Gasteiger partial charge in [-0.05, 0) is 42.3 Å². The Balaban J connectivity index is 2.09. The number of halogens is 1. The Morgan fingerprint density at radius 2 is 2.00 bits per heavy atom. The van der Waals surface area contributed by atoms with E-state index < -0.39 is 0 Å². The highest BCUT2D eigenvalue weighted by atomic mass is 79.9. The maximum atomic E-state index is 5.85. The summed E-state index contributed by atoms with van der Waals surface area (Å²) in [6, 6.07) is 13.8. The van der Waals surface area contributed by atoms with Crippen molar-refractivity contribution >= 4 is 21.6 Å². The Kier molecular flexibility index (Phi) is 3.69. The first-order chi connectivity index (χ1) is 8.15. The van der Waals surface area contributed by atoms with Gasteiger partial charge in [-0.1, -0.05) is 34.1 Å². The third kappa shape index (κ3) is 3.24. The van der Waals surface area contributed by atoms with Gasteiger partial charge in [0.15, 0.2) is 0 Å². The van der Waals surface area contributed by atoms with Crippen molar-refractivity contribution < 1.29 is 4.74 Å². The van der Waals surface area contributed by atoms with Crippen molar-refractivity contribution in [1.82, 2.24) is 0 Å². The average molecular weight is 292 g/mol. The molecule has 0 aliphatic heterocycles. The van der Waals surface area contributed by atoms with E-state index in [-0.39, 0.29) is 0 Å². The molecule has 0 spiro atoms. The lowest BCUT2D eigenvalue weighted by atomic mass is 10.2. The summed E-state index contributed by atoms with van der Waals surface area (Å²) in [6.45, 7) is 2.54. The molecule has 0 fully saturated rings. The molecular formula is C14H14BrNO. The molecule has 2 nitrogen and oxygen atoms in total. The molecule has 0 bridgehead atoms. The second-order valence-corrected chi connectivity index (χ2v) is 4.88. The van der Waals surface area contributed by atoms with E-state index in [1.165, 1.54) is 0 Å². The van der Waals surface area contributed by atoms with E-state index in [1.807, 2.05) is 49.4 Å². The number of hydrogen-bond donors (Lipinski definition) is 1. The van der Waals surface area contributed by atoms with Crippen LogP contribution in [0.5, 0.6) is 5.75 Å². The van der Waals surface area contributed by atoms with Crippen molar-refractivity contribution in [3.8, 4) is 5.75 Å². The summed E-state index contributed by atoms with van der Waals surface area (Å²) < 4.78 is 6.76. The number of ether oxygens (including phenoxy) is 1. The lowest BCUT2D eigenvalue weighted by molar-refractivity contribution is 0.307. The lowest BCUT2D eigenvalue weighted by Crippen LogP contribution is -1.99. The van der Waals surface area contributed by atoms with Crippen molar-refractivity contribution in [2.75, 3.05) is 5.73 Å². The second-order valence-electron chi connectivity index (χ2n) is 3.96. The summed E-state index contributed by atoms with van der Waals surface area (Å²) in [5.41, 5.74) is 8.77. The Labute approximate surface area is 110 Å². The SMILES string of the molecule is Cc1ccc(N)c(OCc2cccc(Br)c2)c1. The zero-order chi connectivity index (χ0) is 12.3. The highest BCUT2D eigenvalue weighted by Gasteiger charge is 2.01. The van der Waals surface area contributed by atoms with E-state index in [9.17, 15) is 0 Å². The third-order valence-electron chi connectivity index (χ3n) is 2.45. The summed E-state index contributed by atoms with van der Waals surface area (Å²) in [4.78, 5) is 0. The summed E-state index contributed by atoms with van der Waals surface area (Å²) in [5.74, 6) is 0.741. The molecule has 0 saturated heterocycles. The van der Waals surface area contributed by atoms with Gasteiger partial charge in [0.1, 0.15) is 12.4 Å². The zero-order valence-electron chi connectivity index (χ0n) is 9.61. The average Bonchev–Trinajstić information content (AvgIpc) is 2.30. The molecule has 0 aliphatic carbocycles. The number of hydrogen-bond acceptors (Lipinski definition) is 2. The summed E-state index contributed by atoms with van der Waals surface area (Å²) in [6.07, 6.45) is 0. The molecule has 0 amide bonds. The molecule has 2 N–H and O–H groups in total. The molecule has 3 heteroatoms. The normalized spacial score (nSPS) is 10.2. The summed E-state index contributed by atoms with van der Waals surface area (Å²) in [5, 5.41) is 0. The van der Waals surface area contributed by atoms with Gasteiger partial charge < -0.3 is 10.5 Å². The van der Waals surface area contributed by atoms with Crippen molar-refractivity contribution in [3.05, 3.63) is 58.1 Å². The van der Waals surface area contributed by atoms with Crippen LogP contribution in [-0.4, -0.2) is 0 Å². The molecule has 0 heterocycles. The maximum Gasteiger partial charge on any atom is 0.142 e. The van der Waals surface area contributed by atoms with Crippen molar-refractivity contribution in [3.63, 3.8) is 0 Å². The molecule has 0 radical (unpaired) electrons. The largest absolute Gasteiger partial charge is 0.487 e. The predicted molar refractivity (Wildman–Crippen MR) is 74.1 cm³/mol. The van der Waals surface area contributed by atoms with Crippen LogP contribution in [0, 0.1) is 6.92 Å². The van der Waals surface area contributed by atoms with Gasteiger partial charge in [-0.15, -0.1) is 0 Å². The summed E-state index contributed by atoms with van der Waals surface area (Å²) >= 11 is 3.43. The summed E-state index contributed by atoms with van der Waals surface area (Å²) in [7, 11) is 0. The van der Waals surface area contributed by atoms with E-state index in [1.54, 1.807) is 0 Å². The second kappa shape index (κ2) is 5.23. The maximum absolute atomic E-state index is 5.85. The van der Waals surface area contributed by atoms with Crippen LogP contribution in [0.1, 0.15) is 11.1 Å². The van der Waals surface area contributed by atoms with Crippen molar-refractivity contribution in [1.29, 1.82) is 0 Å². The molecule has 0 aliphatic rings. The molecule has 2 aromatic carbocycles. The first-order valence-electron chi connectivity index (χ1n) is 5.38. The minimum Gasteiger partial charge on any atom is -0.487 e. The smallest absolute Gasteiger partial charge is 0.142 e. The quantitative estimate of drug-likeness (QED) is 0.870. The fraction of sp³-hybridized carbons (Fsp3) is 0.143. The number of nitrogen functional groups attached to an aromatic ring is 1. The number of benzene rings is 2. The Morgan fingerprint density at radius 1 is 1.18 bits per heavy atom. The molecule has 0 aromatic heterocycles. The van der Waals surface area contributed by atoms with Crippen LogP contribution in [0.15, 0.2) is 46.9 Å². The lowest BCUT2D eigenvalue weighted by Gasteiger charge is -2.09. The minimum absolute atomic E-state index is 0.521. The first-order valence-corrected chi connectivity index (χ1v) is 6.18. The van der Waals surface area contributed by atoms with E-state index >= 15 is 0 Å². The van der Waals surface area contributed by atoms with E-state index in [4.69, 9.17) is 10.5 Å². The number of aryl methyl sites for hydroxylation is 1. The fourth-order valence-corrected chi connectivity index (χ4v) is 2.00. The Morgan fingerprint density at radius 3 is 2.76 bits per heavy atom. The van der Waals surface area contributed by atoms with Gasteiger partial charge in [0.05, 0.1) is 5.69 Å². The Bertz CT molecular complexity index is 525. The van der Waals surface area contributed by atoms with Gasteiger partial charge in [-0.2, -0.15) is 0 Å². The number of anilines is 1. The van der Waals surface area contributed by atoms with Gasteiger partial charge in [-0.25, -0.2) is 0 Å². The minimum atomic E-state index is 0.521. The van der Waals surface area contributed by atoms with Crippen molar-refractivity contribution in [2.24, 2.45) is 0 Å². The van der Waals surface area contributed by atoms with Crippen LogP contribution >= 0.6 is 15.9 Å². The Hall–Kier alpha value is -1.48. The van der Waals surface area contributed by atoms with Crippen molar-refractivity contribution in [2.45, 2.75) is 13.5 Å². The van der Waals surface area contributed by atoms with Crippen LogP contribution < -0.4 is 10.5 Å². The van der Waals surface area contributed by atoms with Crippen LogP contribution in [0.3, 0.4) is 0 Å². The van der Waals surface area contributed by atoms with Gasteiger partial charge in [0, 0.05) is 4.47 Å². The topological polar surface area (TPSA) is 35.2 Å². The molecular weight excluding hydrogens is 278 g/mol. The van der Waals surface area contributed by atoms with Crippen LogP contribution in [-0.2, 0) is 6.61 Å². The number of nitrogens with two attached hydrogens (primary N) is 1. The molecule has 2 aromatic rings. The van der Waals surface area contributed by atoms with Gasteiger partial charge in [0.25, 0.3) is 0 Å². The van der Waals surface area contributed by atoms with Crippen LogP contribution in [0.4, 0.5) is 5.69 Å². The highest BCUT2D eigenvalue weighted by Crippen LogP contribution is 2.23. The van der Waals surface area contributed by atoms with Crippen LogP contribution in [0.2, 0.25) is 0 Å². The molecule has 2 rings (SSSR count). The standard InChI is InChI=1S/C14H14BrNO/c1-10-5-6-13(16)14(7-10)17-9-11-3-2-4-12(15)8-11/h2-8H,9,16H2,1H3. The van der Waals surface area contributed by atoms with Crippen LogP contribution in [0.25, 0.3) is 0 Å². The fourth-order valence-electron chi connectivity index (χ4n) is 1.55. The van der Waals surface area contributed by atoms with E-state index in [0.29, 0.717) is 12.3 Å². The molecule has 0 atom stereocenters. The molecule has 0 unspecified atom stereocenters. The third-order valence-corrected chi connectivity index (χ3v) is 2.95. The van der Waals surface area contributed by atoms with E-state index in [0.717, 1.165) is 21.3 Å². The van der Waals surface area contributed by atoms with Gasteiger partial charge in [-0.3, -0.25) is 0 Å². The molecule has 17 heavy (non-hydrogen) atoms. The van der Waals surface area contributed by atoms with E-state index in [2.05, 4.69) is 15.9 Å². The number of rotatable bonds is 3. The first kappa shape index (κ1) is 12.0. The molecule has 88 valence electrons. The predicted octanol–water partition coefficient (Wildman–Crippen LogP) is 3.92. The molecule has 0 saturated carbocycles.